The molecule has 0 aliphatic carbocycles. The predicted molar refractivity (Wildman–Crippen MR) is 150 cm³/mol. The van der Waals surface area contributed by atoms with Gasteiger partial charge >= 0.3 is 0 Å². The van der Waals surface area contributed by atoms with Crippen molar-refractivity contribution in [2.24, 2.45) is 5.92 Å². The average Bonchev–Trinajstić information content (AvgIpc) is 3.17. The minimum atomic E-state index is -0.258. The minimum Gasteiger partial charge on any atom is -0.369 e. The molecule has 0 bridgehead atoms. The molecule has 1 saturated heterocycles. The molecule has 1 aliphatic rings. The van der Waals surface area contributed by atoms with Crippen LogP contribution in [0.25, 0.3) is 16.9 Å². The first kappa shape index (κ1) is 25.4. The first-order chi connectivity index (χ1) is 18.3. The van der Waals surface area contributed by atoms with E-state index in [1.54, 1.807) is 16.8 Å². The van der Waals surface area contributed by atoms with Crippen molar-refractivity contribution < 1.29 is 0 Å². The Kier molecular flexibility index (Phi) is 7.10. The lowest BCUT2D eigenvalue weighted by Crippen LogP contribution is -2.44. The fourth-order valence-electron chi connectivity index (χ4n) is 4.59. The largest absolute Gasteiger partial charge is 0.369 e. The number of hydrogen-bond acceptors (Lipinski definition) is 8. The van der Waals surface area contributed by atoms with Crippen LogP contribution in [0.15, 0.2) is 64.8 Å². The molecule has 0 spiro atoms. The highest BCUT2D eigenvalue weighted by Gasteiger charge is 2.19. The molecule has 0 radical (unpaired) electrons. The van der Waals surface area contributed by atoms with Crippen LogP contribution in [-0.2, 0) is 13.1 Å². The van der Waals surface area contributed by atoms with Crippen molar-refractivity contribution in [3.05, 3.63) is 76.0 Å². The maximum Gasteiger partial charge on any atom is 0.278 e. The molecule has 198 valence electrons. The molecule has 1 aliphatic heterocycles. The lowest BCUT2D eigenvalue weighted by molar-refractivity contribution is 0.313. The Morgan fingerprint density at radius 1 is 1.05 bits per heavy atom. The monoisotopic (exact) mass is 515 g/mol. The SMILES string of the molecule is C=CCn1c(=O)c2cnc(Nc3ccc(N4CCN(C)CC4)cc3)nc2n1-c1ccc(=O)n(CC(C)C)n1. The van der Waals surface area contributed by atoms with Crippen molar-refractivity contribution in [3.63, 3.8) is 0 Å². The number of anilines is 3. The van der Waals surface area contributed by atoms with Crippen molar-refractivity contribution in [1.29, 1.82) is 0 Å². The molecule has 4 aromatic rings. The zero-order valence-electron chi connectivity index (χ0n) is 22.0. The van der Waals surface area contributed by atoms with E-state index in [1.165, 1.54) is 27.3 Å². The highest BCUT2D eigenvalue weighted by Crippen LogP contribution is 2.22. The van der Waals surface area contributed by atoms with E-state index in [4.69, 9.17) is 0 Å². The second-order valence-electron chi connectivity index (χ2n) is 9.99. The summed E-state index contributed by atoms with van der Waals surface area (Å²) in [5.74, 6) is 0.998. The third-order valence-corrected chi connectivity index (χ3v) is 6.58. The van der Waals surface area contributed by atoms with Gasteiger partial charge in [0.2, 0.25) is 5.95 Å². The van der Waals surface area contributed by atoms with Gasteiger partial charge in [-0.3, -0.25) is 9.59 Å². The molecular formula is C27H33N9O2. The van der Waals surface area contributed by atoms with Crippen LogP contribution in [0.4, 0.5) is 17.3 Å². The highest BCUT2D eigenvalue weighted by molar-refractivity contribution is 5.77. The predicted octanol–water partition coefficient (Wildman–Crippen LogP) is 2.48. The molecule has 11 heteroatoms. The fraction of sp³-hybridized carbons (Fsp3) is 0.370. The number of benzene rings is 1. The molecule has 1 aromatic carbocycles. The molecule has 3 aromatic heterocycles. The molecule has 0 saturated carbocycles. The third-order valence-electron chi connectivity index (χ3n) is 6.58. The summed E-state index contributed by atoms with van der Waals surface area (Å²) in [5.41, 5.74) is 1.95. The molecule has 1 fully saturated rings. The van der Waals surface area contributed by atoms with Gasteiger partial charge in [0.15, 0.2) is 11.5 Å². The quantitative estimate of drug-likeness (QED) is 0.357. The number of likely N-dealkylation sites (N-methyl/N-ethyl adjacent to an activating group) is 1. The van der Waals surface area contributed by atoms with Gasteiger partial charge in [0.25, 0.3) is 11.1 Å². The maximum atomic E-state index is 13.2. The summed E-state index contributed by atoms with van der Waals surface area (Å²) < 4.78 is 4.53. The Morgan fingerprint density at radius 2 is 1.79 bits per heavy atom. The van der Waals surface area contributed by atoms with Crippen LogP contribution in [0, 0.1) is 5.92 Å². The van der Waals surface area contributed by atoms with Crippen LogP contribution in [-0.4, -0.2) is 67.2 Å². The molecule has 1 N–H and O–H groups in total. The zero-order chi connectivity index (χ0) is 26.8. The van der Waals surface area contributed by atoms with Gasteiger partial charge < -0.3 is 15.1 Å². The second-order valence-corrected chi connectivity index (χ2v) is 9.99. The summed E-state index contributed by atoms with van der Waals surface area (Å²) in [6.07, 6.45) is 3.15. The zero-order valence-corrected chi connectivity index (χ0v) is 22.0. The van der Waals surface area contributed by atoms with Gasteiger partial charge in [0.05, 0.1) is 6.54 Å². The van der Waals surface area contributed by atoms with Crippen LogP contribution >= 0.6 is 0 Å². The van der Waals surface area contributed by atoms with Crippen LogP contribution in [0.5, 0.6) is 0 Å². The van der Waals surface area contributed by atoms with Crippen molar-refractivity contribution in [1.82, 2.24) is 34.0 Å². The third kappa shape index (κ3) is 5.10. The van der Waals surface area contributed by atoms with Gasteiger partial charge in [0.1, 0.15) is 5.39 Å². The van der Waals surface area contributed by atoms with Crippen molar-refractivity contribution >= 4 is 28.4 Å². The van der Waals surface area contributed by atoms with E-state index in [0.717, 1.165) is 31.9 Å². The Bertz CT molecular complexity index is 1560. The van der Waals surface area contributed by atoms with Gasteiger partial charge in [-0.2, -0.15) is 4.98 Å². The summed E-state index contributed by atoms with van der Waals surface area (Å²) in [5, 5.41) is 8.15. The number of nitrogens with one attached hydrogen (secondary N) is 1. The Hall–Kier alpha value is -4.25. The van der Waals surface area contributed by atoms with Gasteiger partial charge in [-0.15, -0.1) is 11.7 Å². The number of piperazine rings is 1. The lowest BCUT2D eigenvalue weighted by Gasteiger charge is -2.34. The van der Waals surface area contributed by atoms with Gasteiger partial charge in [-0.25, -0.2) is 19.0 Å². The van der Waals surface area contributed by atoms with Crippen molar-refractivity contribution in [2.45, 2.75) is 26.9 Å². The number of aromatic nitrogens is 6. The standard InChI is InChI=1S/C27H33N9O2/c1-5-12-35-26(38)22-17-28-27(29-20-6-8-21(9-7-20)33-15-13-32(4)14-16-33)30-25(22)36(35)23-10-11-24(37)34(31-23)18-19(2)3/h5-11,17,19H,1,12-16,18H2,2-4H3,(H,28,29,30). The molecule has 0 atom stereocenters. The van der Waals surface area contributed by atoms with Gasteiger partial charge in [0, 0.05) is 56.4 Å². The number of allylic oxidation sites excluding steroid dienone is 1. The van der Waals surface area contributed by atoms with E-state index in [1.807, 2.05) is 26.0 Å². The molecular weight excluding hydrogens is 482 g/mol. The molecule has 4 heterocycles. The molecule has 38 heavy (non-hydrogen) atoms. The summed E-state index contributed by atoms with van der Waals surface area (Å²) >= 11 is 0. The Balaban J connectivity index is 1.50. The van der Waals surface area contributed by atoms with Crippen LogP contribution in [0.2, 0.25) is 0 Å². The molecule has 0 amide bonds. The summed E-state index contributed by atoms with van der Waals surface area (Å²) in [4.78, 5) is 39.4. The number of rotatable bonds is 8. The highest BCUT2D eigenvalue weighted by atomic mass is 16.1. The van der Waals surface area contributed by atoms with E-state index in [-0.39, 0.29) is 23.6 Å². The average molecular weight is 516 g/mol. The fourth-order valence-corrected chi connectivity index (χ4v) is 4.59. The lowest BCUT2D eigenvalue weighted by atomic mass is 10.2. The van der Waals surface area contributed by atoms with Crippen LogP contribution in [0.3, 0.4) is 0 Å². The van der Waals surface area contributed by atoms with E-state index < -0.39 is 0 Å². The number of fused-ring (bicyclic) bond motifs is 1. The van der Waals surface area contributed by atoms with E-state index in [0.29, 0.717) is 29.3 Å². The van der Waals surface area contributed by atoms with Crippen LogP contribution in [0.1, 0.15) is 13.8 Å². The van der Waals surface area contributed by atoms with E-state index in [9.17, 15) is 9.59 Å². The Morgan fingerprint density at radius 3 is 2.47 bits per heavy atom. The van der Waals surface area contributed by atoms with E-state index in [2.05, 4.69) is 55.9 Å². The van der Waals surface area contributed by atoms with Crippen LogP contribution < -0.4 is 21.3 Å². The molecule has 0 unspecified atom stereocenters. The first-order valence-corrected chi connectivity index (χ1v) is 12.8. The normalized spacial score (nSPS) is 14.4. The van der Waals surface area contributed by atoms with Crippen molar-refractivity contribution in [3.8, 4) is 5.82 Å². The summed E-state index contributed by atoms with van der Waals surface area (Å²) in [7, 11) is 2.14. The second kappa shape index (κ2) is 10.6. The topological polar surface area (TPSA) is 106 Å². The minimum absolute atomic E-state index is 0.200. The Labute approximate surface area is 220 Å². The maximum absolute atomic E-state index is 13.2. The number of nitrogens with zero attached hydrogens (tertiary/aromatic N) is 8. The van der Waals surface area contributed by atoms with Crippen molar-refractivity contribution in [2.75, 3.05) is 43.4 Å². The van der Waals surface area contributed by atoms with E-state index >= 15 is 0 Å². The van der Waals surface area contributed by atoms with Gasteiger partial charge in [-0.05, 0) is 43.3 Å². The molecule has 5 rings (SSSR count). The van der Waals surface area contributed by atoms with Gasteiger partial charge in [-0.1, -0.05) is 19.9 Å². The summed E-state index contributed by atoms with van der Waals surface area (Å²) in [6, 6.07) is 11.2. The summed E-state index contributed by atoms with van der Waals surface area (Å²) in [6.45, 7) is 12.6. The smallest absolute Gasteiger partial charge is 0.278 e. The number of hydrogen-bond donors (Lipinski definition) is 1. The first-order valence-electron chi connectivity index (χ1n) is 12.8. The molecule has 11 nitrogen and oxygen atoms in total.